The molecule has 2 aromatic rings. The van der Waals surface area contributed by atoms with E-state index in [1.807, 2.05) is 23.1 Å². The van der Waals surface area contributed by atoms with Crippen LogP contribution < -0.4 is 5.32 Å². The first-order valence-electron chi connectivity index (χ1n) is 7.10. The maximum atomic E-state index is 3.72. The molecule has 0 amide bonds. The van der Waals surface area contributed by atoms with Crippen molar-refractivity contribution in [3.05, 3.63) is 51.2 Å². The Balaban J connectivity index is 2.44. The fraction of sp³-hybridized carbons (Fsp3) is 0.412. The Morgan fingerprint density at radius 3 is 2.55 bits per heavy atom. The maximum absolute atomic E-state index is 3.72. The van der Waals surface area contributed by atoms with Gasteiger partial charge in [-0.2, -0.15) is 0 Å². The van der Waals surface area contributed by atoms with Crippen molar-refractivity contribution in [2.24, 2.45) is 0 Å². The summed E-state index contributed by atoms with van der Waals surface area (Å²) in [6.07, 6.45) is 3.31. The molecular formula is C17H23NS2. The highest BCUT2D eigenvalue weighted by Crippen LogP contribution is 2.34. The molecule has 0 radical (unpaired) electrons. The summed E-state index contributed by atoms with van der Waals surface area (Å²) in [7, 11) is 0. The van der Waals surface area contributed by atoms with Crippen LogP contribution in [0.25, 0.3) is 0 Å². The number of hydrogen-bond acceptors (Lipinski definition) is 3. The van der Waals surface area contributed by atoms with Crippen molar-refractivity contribution in [3.63, 3.8) is 0 Å². The zero-order chi connectivity index (χ0) is 14.5. The molecule has 0 fully saturated rings. The molecule has 0 aliphatic rings. The van der Waals surface area contributed by atoms with E-state index in [1.165, 1.54) is 25.8 Å². The normalized spacial score (nSPS) is 12.6. The lowest BCUT2D eigenvalue weighted by molar-refractivity contribution is 0.591. The zero-order valence-electron chi connectivity index (χ0n) is 12.7. The topological polar surface area (TPSA) is 12.0 Å². The molecule has 2 rings (SSSR count). The van der Waals surface area contributed by atoms with Gasteiger partial charge in [0.2, 0.25) is 0 Å². The van der Waals surface area contributed by atoms with Crippen molar-refractivity contribution in [3.8, 4) is 0 Å². The van der Waals surface area contributed by atoms with E-state index in [4.69, 9.17) is 0 Å². The maximum Gasteiger partial charge on any atom is 0.0598 e. The van der Waals surface area contributed by atoms with Gasteiger partial charge in [-0.05, 0) is 56.3 Å². The Morgan fingerprint density at radius 1 is 1.20 bits per heavy atom. The van der Waals surface area contributed by atoms with Gasteiger partial charge in [-0.1, -0.05) is 25.1 Å². The predicted molar refractivity (Wildman–Crippen MR) is 92.2 cm³/mol. The second-order valence-electron chi connectivity index (χ2n) is 5.00. The molecule has 1 heterocycles. The molecule has 108 valence electrons. The molecule has 0 aliphatic heterocycles. The number of hydrogen-bond donors (Lipinski definition) is 1. The van der Waals surface area contributed by atoms with Gasteiger partial charge in [0.25, 0.3) is 0 Å². The van der Waals surface area contributed by atoms with Crippen LogP contribution in [0, 0.1) is 13.8 Å². The molecule has 1 atom stereocenters. The predicted octanol–water partition coefficient (Wildman–Crippen LogP) is 5.18. The summed E-state index contributed by atoms with van der Waals surface area (Å²) in [6.45, 7) is 7.69. The summed E-state index contributed by atoms with van der Waals surface area (Å²) in [6, 6.07) is 11.4. The SMILES string of the molecule is CCCNC(c1ccccc1SC)c1cc(C)sc1C. The number of thioether (sulfide) groups is 1. The molecule has 1 nitrogen and oxygen atoms in total. The fourth-order valence-electron chi connectivity index (χ4n) is 2.52. The van der Waals surface area contributed by atoms with Crippen LogP contribution in [0.5, 0.6) is 0 Å². The Labute approximate surface area is 130 Å². The monoisotopic (exact) mass is 305 g/mol. The van der Waals surface area contributed by atoms with E-state index in [0.29, 0.717) is 6.04 Å². The fourth-order valence-corrected chi connectivity index (χ4v) is 4.12. The highest BCUT2D eigenvalue weighted by molar-refractivity contribution is 7.98. The Morgan fingerprint density at radius 2 is 1.95 bits per heavy atom. The summed E-state index contributed by atoms with van der Waals surface area (Å²) in [5.41, 5.74) is 2.83. The molecule has 3 heteroatoms. The van der Waals surface area contributed by atoms with Crippen LogP contribution in [-0.4, -0.2) is 12.8 Å². The van der Waals surface area contributed by atoms with Crippen molar-refractivity contribution >= 4 is 23.1 Å². The molecule has 1 aromatic carbocycles. The number of nitrogens with one attached hydrogen (secondary N) is 1. The van der Waals surface area contributed by atoms with Crippen molar-refractivity contribution in [2.75, 3.05) is 12.8 Å². The second-order valence-corrected chi connectivity index (χ2v) is 7.31. The number of rotatable bonds is 6. The molecule has 0 aliphatic carbocycles. The lowest BCUT2D eigenvalue weighted by atomic mass is 9.98. The highest BCUT2D eigenvalue weighted by Gasteiger charge is 2.19. The quantitative estimate of drug-likeness (QED) is 0.738. The van der Waals surface area contributed by atoms with E-state index >= 15 is 0 Å². The smallest absolute Gasteiger partial charge is 0.0598 e. The van der Waals surface area contributed by atoms with E-state index < -0.39 is 0 Å². The Hall–Kier alpha value is -0.770. The average Bonchev–Trinajstić information content (AvgIpc) is 2.79. The summed E-state index contributed by atoms with van der Waals surface area (Å²) >= 11 is 3.72. The summed E-state index contributed by atoms with van der Waals surface area (Å²) in [4.78, 5) is 4.18. The summed E-state index contributed by atoms with van der Waals surface area (Å²) < 4.78 is 0. The van der Waals surface area contributed by atoms with Gasteiger partial charge < -0.3 is 5.32 Å². The van der Waals surface area contributed by atoms with Gasteiger partial charge in [0.15, 0.2) is 0 Å². The molecule has 0 bridgehead atoms. The molecule has 1 unspecified atom stereocenters. The van der Waals surface area contributed by atoms with Gasteiger partial charge in [0, 0.05) is 14.6 Å². The Kier molecular flexibility index (Phi) is 5.70. The van der Waals surface area contributed by atoms with E-state index in [9.17, 15) is 0 Å². The first-order valence-corrected chi connectivity index (χ1v) is 9.14. The van der Waals surface area contributed by atoms with Gasteiger partial charge in [-0.15, -0.1) is 23.1 Å². The molecule has 1 aromatic heterocycles. The van der Waals surface area contributed by atoms with Crippen LogP contribution in [-0.2, 0) is 0 Å². The van der Waals surface area contributed by atoms with Crippen LogP contribution >= 0.6 is 23.1 Å². The molecule has 20 heavy (non-hydrogen) atoms. The standard InChI is InChI=1S/C17H23NS2/c1-5-10-18-17(15-11-12(2)20-13(15)3)14-8-6-7-9-16(14)19-4/h6-9,11,17-18H,5,10H2,1-4H3. The Bertz CT molecular complexity index is 560. The first kappa shape index (κ1) is 15.6. The van der Waals surface area contributed by atoms with Crippen molar-refractivity contribution in [2.45, 2.75) is 38.1 Å². The molecule has 0 saturated carbocycles. The van der Waals surface area contributed by atoms with Gasteiger partial charge in [0.05, 0.1) is 6.04 Å². The van der Waals surface area contributed by atoms with Gasteiger partial charge in [-0.25, -0.2) is 0 Å². The average molecular weight is 306 g/mol. The zero-order valence-corrected chi connectivity index (χ0v) is 14.3. The minimum atomic E-state index is 0.309. The second kappa shape index (κ2) is 7.30. The van der Waals surface area contributed by atoms with Crippen LogP contribution in [0.1, 0.15) is 40.3 Å². The third kappa shape index (κ3) is 3.46. The lowest BCUT2D eigenvalue weighted by Crippen LogP contribution is -2.23. The molecular weight excluding hydrogens is 282 g/mol. The van der Waals surface area contributed by atoms with Crippen LogP contribution in [0.3, 0.4) is 0 Å². The van der Waals surface area contributed by atoms with Gasteiger partial charge >= 0.3 is 0 Å². The summed E-state index contributed by atoms with van der Waals surface area (Å²) in [5.74, 6) is 0. The van der Waals surface area contributed by atoms with Crippen molar-refractivity contribution < 1.29 is 0 Å². The number of aryl methyl sites for hydroxylation is 2. The van der Waals surface area contributed by atoms with E-state index in [-0.39, 0.29) is 0 Å². The van der Waals surface area contributed by atoms with E-state index in [2.05, 4.69) is 62.7 Å². The van der Waals surface area contributed by atoms with Gasteiger partial charge in [0.1, 0.15) is 0 Å². The van der Waals surface area contributed by atoms with Crippen LogP contribution in [0.15, 0.2) is 35.2 Å². The number of benzene rings is 1. The first-order chi connectivity index (χ1) is 9.67. The minimum Gasteiger partial charge on any atom is -0.306 e. The van der Waals surface area contributed by atoms with Crippen LogP contribution in [0.4, 0.5) is 0 Å². The minimum absolute atomic E-state index is 0.309. The van der Waals surface area contributed by atoms with E-state index in [1.54, 1.807) is 0 Å². The van der Waals surface area contributed by atoms with Gasteiger partial charge in [-0.3, -0.25) is 0 Å². The van der Waals surface area contributed by atoms with Crippen LogP contribution in [0.2, 0.25) is 0 Å². The van der Waals surface area contributed by atoms with Crippen molar-refractivity contribution in [1.82, 2.24) is 5.32 Å². The molecule has 0 spiro atoms. The highest BCUT2D eigenvalue weighted by atomic mass is 32.2. The molecule has 0 saturated heterocycles. The third-order valence-electron chi connectivity index (χ3n) is 3.44. The third-order valence-corrected chi connectivity index (χ3v) is 5.23. The largest absolute Gasteiger partial charge is 0.306 e. The molecule has 1 N–H and O–H groups in total. The van der Waals surface area contributed by atoms with E-state index in [0.717, 1.165) is 13.0 Å². The van der Waals surface area contributed by atoms with Crippen molar-refractivity contribution in [1.29, 1.82) is 0 Å². The number of thiophene rings is 1. The summed E-state index contributed by atoms with van der Waals surface area (Å²) in [5, 5.41) is 3.72. The lowest BCUT2D eigenvalue weighted by Gasteiger charge is -2.21.